The van der Waals surface area contributed by atoms with E-state index in [2.05, 4.69) is 14.9 Å². The zero-order valence-electron chi connectivity index (χ0n) is 13.1. The number of nitrogens with one attached hydrogen (secondary N) is 1. The van der Waals surface area contributed by atoms with Gasteiger partial charge in [0.25, 0.3) is 0 Å². The largest absolute Gasteiger partial charge is 0.495 e. The van der Waals surface area contributed by atoms with Gasteiger partial charge in [-0.1, -0.05) is 25.4 Å². The number of sulfonamides is 1. The Bertz CT molecular complexity index is 747. The number of ether oxygens (including phenoxy) is 1. The quantitative estimate of drug-likeness (QED) is 0.817. The Labute approximate surface area is 140 Å². The van der Waals surface area contributed by atoms with Crippen molar-refractivity contribution >= 4 is 21.6 Å². The summed E-state index contributed by atoms with van der Waals surface area (Å²) in [5.74, 6) is 0.483. The highest BCUT2D eigenvalue weighted by atomic mass is 35.5. The molecule has 1 atom stereocenters. The number of methoxy groups -OCH3 is 1. The SMILES string of the molecule is COc1ccc(S(=O)(=O)N[C@H](Cn2nccn2)C(C)C)cc1Cl. The summed E-state index contributed by atoms with van der Waals surface area (Å²) in [6, 6.07) is 3.99. The maximum absolute atomic E-state index is 12.6. The summed E-state index contributed by atoms with van der Waals surface area (Å²) in [7, 11) is -2.24. The minimum absolute atomic E-state index is 0.0597. The lowest BCUT2D eigenvalue weighted by atomic mass is 10.1. The van der Waals surface area contributed by atoms with E-state index in [9.17, 15) is 8.42 Å². The highest BCUT2D eigenvalue weighted by Gasteiger charge is 2.24. The molecule has 0 radical (unpaired) electrons. The molecule has 9 heteroatoms. The van der Waals surface area contributed by atoms with Crippen LogP contribution in [0.25, 0.3) is 0 Å². The molecule has 0 spiro atoms. The second kappa shape index (κ2) is 7.29. The Morgan fingerprint density at radius 2 is 1.96 bits per heavy atom. The Morgan fingerprint density at radius 1 is 1.30 bits per heavy atom. The first kappa shape index (κ1) is 17.7. The van der Waals surface area contributed by atoms with Crippen LogP contribution in [0.4, 0.5) is 0 Å². The molecule has 2 rings (SSSR count). The van der Waals surface area contributed by atoms with Gasteiger partial charge < -0.3 is 4.74 Å². The van der Waals surface area contributed by atoms with E-state index in [0.29, 0.717) is 12.3 Å². The molecule has 1 aromatic heterocycles. The predicted molar refractivity (Wildman–Crippen MR) is 87.0 cm³/mol. The number of nitrogens with zero attached hydrogens (tertiary/aromatic N) is 3. The Hall–Kier alpha value is -1.64. The van der Waals surface area contributed by atoms with E-state index in [1.807, 2.05) is 13.8 Å². The summed E-state index contributed by atoms with van der Waals surface area (Å²) in [6.07, 6.45) is 3.10. The number of benzene rings is 1. The Morgan fingerprint density at radius 3 is 2.48 bits per heavy atom. The van der Waals surface area contributed by atoms with Gasteiger partial charge >= 0.3 is 0 Å². The highest BCUT2D eigenvalue weighted by molar-refractivity contribution is 7.89. The lowest BCUT2D eigenvalue weighted by molar-refractivity contribution is 0.361. The third-order valence-corrected chi connectivity index (χ3v) is 5.15. The average molecular weight is 359 g/mol. The average Bonchev–Trinajstić information content (AvgIpc) is 2.99. The number of hydrogen-bond donors (Lipinski definition) is 1. The van der Waals surface area contributed by atoms with Crippen molar-refractivity contribution in [2.75, 3.05) is 7.11 Å². The van der Waals surface area contributed by atoms with E-state index in [4.69, 9.17) is 16.3 Å². The van der Waals surface area contributed by atoms with E-state index >= 15 is 0 Å². The van der Waals surface area contributed by atoms with Gasteiger partial charge in [0.15, 0.2) is 0 Å². The van der Waals surface area contributed by atoms with Crippen LogP contribution in [0.5, 0.6) is 5.75 Å². The lowest BCUT2D eigenvalue weighted by Crippen LogP contribution is -2.41. The van der Waals surface area contributed by atoms with Crippen molar-refractivity contribution in [2.24, 2.45) is 5.92 Å². The molecule has 2 aromatic rings. The molecule has 0 aliphatic carbocycles. The molecular weight excluding hydrogens is 340 g/mol. The first-order valence-electron chi connectivity index (χ1n) is 7.03. The van der Waals surface area contributed by atoms with Gasteiger partial charge in [-0.2, -0.15) is 15.0 Å². The van der Waals surface area contributed by atoms with E-state index in [-0.39, 0.29) is 21.9 Å². The molecule has 0 amide bonds. The molecule has 0 fully saturated rings. The predicted octanol–water partition coefficient (Wildman–Crippen LogP) is 1.94. The van der Waals surface area contributed by atoms with Gasteiger partial charge in [-0.15, -0.1) is 0 Å². The van der Waals surface area contributed by atoms with Gasteiger partial charge in [0.2, 0.25) is 10.0 Å². The van der Waals surface area contributed by atoms with E-state index in [1.54, 1.807) is 12.4 Å². The van der Waals surface area contributed by atoms with Crippen molar-refractivity contribution in [3.05, 3.63) is 35.6 Å². The summed E-state index contributed by atoms with van der Waals surface area (Å²) in [5.41, 5.74) is 0. The third kappa shape index (κ3) is 4.43. The van der Waals surface area contributed by atoms with Crippen molar-refractivity contribution < 1.29 is 13.2 Å². The van der Waals surface area contributed by atoms with Crippen LogP contribution in [0, 0.1) is 5.92 Å². The van der Waals surface area contributed by atoms with E-state index in [1.165, 1.54) is 30.1 Å². The molecule has 23 heavy (non-hydrogen) atoms. The van der Waals surface area contributed by atoms with Crippen LogP contribution in [0.3, 0.4) is 0 Å². The van der Waals surface area contributed by atoms with Crippen molar-refractivity contribution in [3.63, 3.8) is 0 Å². The molecule has 0 saturated carbocycles. The van der Waals surface area contributed by atoms with Gasteiger partial charge in [0, 0.05) is 6.04 Å². The van der Waals surface area contributed by atoms with Crippen molar-refractivity contribution in [3.8, 4) is 5.75 Å². The van der Waals surface area contributed by atoms with Crippen LogP contribution < -0.4 is 9.46 Å². The monoisotopic (exact) mass is 358 g/mol. The van der Waals surface area contributed by atoms with Crippen LogP contribution in [0.15, 0.2) is 35.5 Å². The van der Waals surface area contributed by atoms with Crippen molar-refractivity contribution in [1.29, 1.82) is 0 Å². The molecule has 0 bridgehead atoms. The number of hydrogen-bond acceptors (Lipinski definition) is 5. The van der Waals surface area contributed by atoms with E-state index < -0.39 is 10.0 Å². The second-order valence-electron chi connectivity index (χ2n) is 5.35. The minimum atomic E-state index is -3.71. The molecule has 126 valence electrons. The molecule has 7 nitrogen and oxygen atoms in total. The fourth-order valence-corrected chi connectivity index (χ4v) is 3.70. The molecule has 0 aliphatic heterocycles. The standard InChI is InChI=1S/C14H19ClN4O3S/c1-10(2)13(9-19-16-6-7-17-19)18-23(20,21)11-4-5-14(22-3)12(15)8-11/h4-8,10,13,18H,9H2,1-3H3/t13-/m1/s1. The van der Waals surface area contributed by atoms with Crippen LogP contribution in [0.2, 0.25) is 5.02 Å². The van der Waals surface area contributed by atoms with Gasteiger partial charge in [0.05, 0.1) is 36.0 Å². The normalized spacial score (nSPS) is 13.3. The zero-order valence-corrected chi connectivity index (χ0v) is 14.7. The topological polar surface area (TPSA) is 86.1 Å². The summed E-state index contributed by atoms with van der Waals surface area (Å²) in [6.45, 7) is 4.20. The zero-order chi connectivity index (χ0) is 17.0. The van der Waals surface area contributed by atoms with E-state index in [0.717, 1.165) is 0 Å². The number of aromatic nitrogens is 3. The molecular formula is C14H19ClN4O3S. The Kier molecular flexibility index (Phi) is 5.61. The first-order valence-corrected chi connectivity index (χ1v) is 8.89. The summed E-state index contributed by atoms with van der Waals surface area (Å²) in [5, 5.41) is 8.26. The van der Waals surface area contributed by atoms with Crippen LogP contribution in [0.1, 0.15) is 13.8 Å². The van der Waals surface area contributed by atoms with Crippen LogP contribution in [-0.2, 0) is 16.6 Å². The van der Waals surface area contributed by atoms with Gasteiger partial charge in [-0.05, 0) is 24.1 Å². The summed E-state index contributed by atoms with van der Waals surface area (Å²) >= 11 is 6.01. The van der Waals surface area contributed by atoms with Gasteiger partial charge in [0.1, 0.15) is 5.75 Å². The van der Waals surface area contributed by atoms with Gasteiger partial charge in [-0.25, -0.2) is 13.1 Å². The molecule has 1 N–H and O–H groups in total. The minimum Gasteiger partial charge on any atom is -0.495 e. The van der Waals surface area contributed by atoms with Gasteiger partial charge in [-0.3, -0.25) is 0 Å². The molecule has 1 aromatic carbocycles. The maximum Gasteiger partial charge on any atom is 0.240 e. The molecule has 0 aliphatic rings. The molecule has 0 saturated heterocycles. The second-order valence-corrected chi connectivity index (χ2v) is 7.47. The van der Waals surface area contributed by atoms with Crippen molar-refractivity contribution in [2.45, 2.75) is 31.3 Å². The maximum atomic E-state index is 12.6. The highest BCUT2D eigenvalue weighted by Crippen LogP contribution is 2.27. The third-order valence-electron chi connectivity index (χ3n) is 3.37. The fraction of sp³-hybridized carbons (Fsp3) is 0.429. The summed E-state index contributed by atoms with van der Waals surface area (Å²) < 4.78 is 32.9. The summed E-state index contributed by atoms with van der Waals surface area (Å²) in [4.78, 5) is 1.54. The van der Waals surface area contributed by atoms with Crippen LogP contribution >= 0.6 is 11.6 Å². The fourth-order valence-electron chi connectivity index (χ4n) is 1.98. The van der Waals surface area contributed by atoms with Crippen LogP contribution in [-0.4, -0.2) is 36.6 Å². The molecule has 1 heterocycles. The molecule has 0 unspecified atom stereocenters. The number of rotatable bonds is 7. The lowest BCUT2D eigenvalue weighted by Gasteiger charge is -2.21. The van der Waals surface area contributed by atoms with Crippen molar-refractivity contribution in [1.82, 2.24) is 19.7 Å². The Balaban J connectivity index is 2.22. The first-order chi connectivity index (χ1) is 10.8. The smallest absolute Gasteiger partial charge is 0.240 e. The number of halogens is 1.